The SMILES string of the molecule is O=C(Nc1ccc(NC(=O)c2ccc(N3C(=O)C=CC3=O)cc2)cc1)c1ccc(N2C(=O)C=CC2=O)cc1. The highest BCUT2D eigenvalue weighted by Crippen LogP contribution is 2.22. The first-order chi connectivity index (χ1) is 18.3. The van der Waals surface area contributed by atoms with Gasteiger partial charge in [-0.05, 0) is 72.8 Å². The lowest BCUT2D eigenvalue weighted by Crippen LogP contribution is -2.29. The number of hydrogen-bond acceptors (Lipinski definition) is 6. The van der Waals surface area contributed by atoms with Crippen molar-refractivity contribution in [1.29, 1.82) is 0 Å². The summed E-state index contributed by atoms with van der Waals surface area (Å²) in [5.41, 5.74) is 2.37. The standard InChI is InChI=1S/C28H18N4O6/c33-23-13-14-24(34)31(23)21-9-1-17(2-10-21)27(37)29-19-5-7-20(8-6-19)30-28(38)18-3-11-22(12-4-18)32-25(35)15-16-26(32)36/h1-16H,(H,29,37)(H,30,38). The third-order valence-electron chi connectivity index (χ3n) is 5.79. The topological polar surface area (TPSA) is 133 Å². The molecule has 38 heavy (non-hydrogen) atoms. The van der Waals surface area contributed by atoms with Gasteiger partial charge >= 0.3 is 0 Å². The molecule has 6 amide bonds. The number of nitrogens with one attached hydrogen (secondary N) is 2. The molecule has 0 spiro atoms. The molecule has 2 aliphatic rings. The van der Waals surface area contributed by atoms with Gasteiger partial charge in [-0.1, -0.05) is 0 Å². The zero-order valence-electron chi connectivity index (χ0n) is 19.6. The third-order valence-corrected chi connectivity index (χ3v) is 5.79. The number of carbonyl (C=O) groups excluding carboxylic acids is 6. The molecule has 5 rings (SSSR count). The van der Waals surface area contributed by atoms with Crippen molar-refractivity contribution in [1.82, 2.24) is 0 Å². The molecule has 2 aliphatic heterocycles. The summed E-state index contributed by atoms with van der Waals surface area (Å²) in [7, 11) is 0. The summed E-state index contributed by atoms with van der Waals surface area (Å²) in [6, 6.07) is 18.6. The van der Waals surface area contributed by atoms with Crippen LogP contribution >= 0.6 is 0 Å². The van der Waals surface area contributed by atoms with Crippen molar-refractivity contribution in [2.45, 2.75) is 0 Å². The fraction of sp³-hybridized carbons (Fsp3) is 0. The van der Waals surface area contributed by atoms with Crippen molar-refractivity contribution in [3.05, 3.63) is 108 Å². The molecule has 10 heteroatoms. The molecule has 0 atom stereocenters. The number of hydrogen-bond donors (Lipinski definition) is 2. The van der Waals surface area contributed by atoms with E-state index in [9.17, 15) is 28.8 Å². The minimum absolute atomic E-state index is 0.328. The summed E-state index contributed by atoms with van der Waals surface area (Å²) in [6.07, 6.45) is 4.74. The van der Waals surface area contributed by atoms with Crippen LogP contribution in [0.4, 0.5) is 22.7 Å². The summed E-state index contributed by atoms with van der Waals surface area (Å²) in [5, 5.41) is 5.48. The number of carbonyl (C=O) groups is 6. The molecular formula is C28H18N4O6. The number of nitrogens with zero attached hydrogens (tertiary/aromatic N) is 2. The zero-order valence-corrected chi connectivity index (χ0v) is 19.6. The Labute approximate surface area is 215 Å². The van der Waals surface area contributed by atoms with Crippen molar-refractivity contribution >= 4 is 58.2 Å². The summed E-state index contributed by atoms with van der Waals surface area (Å²) < 4.78 is 0. The second kappa shape index (κ2) is 9.78. The predicted molar refractivity (Wildman–Crippen MR) is 138 cm³/mol. The summed E-state index contributed by atoms with van der Waals surface area (Å²) in [6.45, 7) is 0. The van der Waals surface area contributed by atoms with Gasteiger partial charge in [-0.25, -0.2) is 9.80 Å². The van der Waals surface area contributed by atoms with E-state index in [1.165, 1.54) is 72.8 Å². The van der Waals surface area contributed by atoms with E-state index in [1.807, 2.05) is 0 Å². The van der Waals surface area contributed by atoms with E-state index in [2.05, 4.69) is 10.6 Å². The monoisotopic (exact) mass is 506 g/mol. The number of rotatable bonds is 6. The fourth-order valence-corrected chi connectivity index (χ4v) is 3.88. The van der Waals surface area contributed by atoms with Crippen molar-refractivity contribution < 1.29 is 28.8 Å². The second-order valence-corrected chi connectivity index (χ2v) is 8.27. The Morgan fingerprint density at radius 1 is 0.447 bits per heavy atom. The first-order valence-electron chi connectivity index (χ1n) is 11.4. The van der Waals surface area contributed by atoms with Crippen molar-refractivity contribution in [2.75, 3.05) is 20.4 Å². The molecule has 0 radical (unpaired) electrons. The van der Waals surface area contributed by atoms with Crippen LogP contribution in [-0.4, -0.2) is 35.4 Å². The van der Waals surface area contributed by atoms with Crippen LogP contribution in [0.2, 0.25) is 0 Å². The summed E-state index contributed by atoms with van der Waals surface area (Å²) in [4.78, 5) is 74.4. The molecule has 3 aromatic carbocycles. The Morgan fingerprint density at radius 3 is 1.03 bits per heavy atom. The Morgan fingerprint density at radius 2 is 0.737 bits per heavy atom. The van der Waals surface area contributed by atoms with Crippen molar-refractivity contribution in [3.8, 4) is 0 Å². The van der Waals surface area contributed by atoms with Crippen LogP contribution in [0.5, 0.6) is 0 Å². The smallest absolute Gasteiger partial charge is 0.258 e. The molecule has 3 aromatic rings. The molecule has 0 aliphatic carbocycles. The number of amides is 6. The highest BCUT2D eigenvalue weighted by atomic mass is 16.2. The van der Waals surface area contributed by atoms with Gasteiger partial charge < -0.3 is 10.6 Å². The van der Waals surface area contributed by atoms with Gasteiger partial charge in [0.1, 0.15) is 0 Å². The molecule has 0 saturated carbocycles. The van der Waals surface area contributed by atoms with E-state index < -0.39 is 35.4 Å². The Kier molecular flexibility index (Phi) is 6.20. The molecule has 0 aromatic heterocycles. The second-order valence-electron chi connectivity index (χ2n) is 8.27. The van der Waals surface area contributed by atoms with Gasteiger partial charge in [-0.3, -0.25) is 28.8 Å². The van der Waals surface area contributed by atoms with Crippen molar-refractivity contribution in [3.63, 3.8) is 0 Å². The average Bonchev–Trinajstić information content (AvgIpc) is 3.44. The van der Waals surface area contributed by atoms with E-state index in [0.717, 1.165) is 9.80 Å². The Bertz CT molecular complexity index is 1400. The maximum atomic E-state index is 12.6. The minimum atomic E-state index is -0.441. The predicted octanol–water partition coefficient (Wildman–Crippen LogP) is 3.05. The highest BCUT2D eigenvalue weighted by Gasteiger charge is 2.26. The molecule has 0 fully saturated rings. The number of benzene rings is 3. The van der Waals surface area contributed by atoms with Crippen LogP contribution in [0.3, 0.4) is 0 Å². The maximum absolute atomic E-state index is 12.6. The highest BCUT2D eigenvalue weighted by molar-refractivity contribution is 6.29. The first-order valence-corrected chi connectivity index (χ1v) is 11.4. The molecular weight excluding hydrogens is 488 g/mol. The maximum Gasteiger partial charge on any atom is 0.258 e. The Balaban J connectivity index is 1.18. The molecule has 0 bridgehead atoms. The average molecular weight is 506 g/mol. The van der Waals surface area contributed by atoms with Crippen LogP contribution in [0.15, 0.2) is 97.1 Å². The van der Waals surface area contributed by atoms with E-state index in [1.54, 1.807) is 24.3 Å². The first kappa shape index (κ1) is 24.1. The lowest BCUT2D eigenvalue weighted by atomic mass is 10.1. The lowest BCUT2D eigenvalue weighted by Gasteiger charge is -2.14. The minimum Gasteiger partial charge on any atom is -0.322 e. The number of anilines is 4. The van der Waals surface area contributed by atoms with Gasteiger partial charge in [0, 0.05) is 46.8 Å². The molecule has 10 nitrogen and oxygen atoms in total. The fourth-order valence-electron chi connectivity index (χ4n) is 3.88. The Hall–Kier alpha value is -5.64. The number of imide groups is 2. The van der Waals surface area contributed by atoms with E-state index in [-0.39, 0.29) is 0 Å². The van der Waals surface area contributed by atoms with Crippen LogP contribution in [0.1, 0.15) is 20.7 Å². The van der Waals surface area contributed by atoms with E-state index in [4.69, 9.17) is 0 Å². The van der Waals surface area contributed by atoms with Crippen LogP contribution < -0.4 is 20.4 Å². The van der Waals surface area contributed by atoms with Crippen LogP contribution in [-0.2, 0) is 19.2 Å². The van der Waals surface area contributed by atoms with Gasteiger partial charge in [0.25, 0.3) is 35.4 Å². The van der Waals surface area contributed by atoms with Crippen molar-refractivity contribution in [2.24, 2.45) is 0 Å². The molecule has 2 heterocycles. The van der Waals surface area contributed by atoms with Crippen LogP contribution in [0, 0.1) is 0 Å². The van der Waals surface area contributed by atoms with Gasteiger partial charge in [0.15, 0.2) is 0 Å². The lowest BCUT2D eigenvalue weighted by molar-refractivity contribution is -0.121. The van der Waals surface area contributed by atoms with Gasteiger partial charge in [0.05, 0.1) is 11.4 Å². The zero-order chi connectivity index (χ0) is 26.8. The molecule has 0 unspecified atom stereocenters. The third kappa shape index (κ3) is 4.73. The summed E-state index contributed by atoms with van der Waals surface area (Å²) >= 11 is 0. The van der Waals surface area contributed by atoms with Gasteiger partial charge in [-0.15, -0.1) is 0 Å². The van der Waals surface area contributed by atoms with Crippen LogP contribution in [0.25, 0.3) is 0 Å². The van der Waals surface area contributed by atoms with Gasteiger partial charge in [0.2, 0.25) is 0 Å². The molecule has 2 N–H and O–H groups in total. The quantitative estimate of drug-likeness (QED) is 0.494. The molecule has 186 valence electrons. The summed E-state index contributed by atoms with van der Waals surface area (Å²) in [5.74, 6) is -2.55. The van der Waals surface area contributed by atoms with E-state index >= 15 is 0 Å². The van der Waals surface area contributed by atoms with Gasteiger partial charge in [-0.2, -0.15) is 0 Å². The van der Waals surface area contributed by atoms with E-state index in [0.29, 0.717) is 33.9 Å². The normalized spacial score (nSPS) is 14.4. The molecule has 0 saturated heterocycles. The largest absolute Gasteiger partial charge is 0.322 e.